The summed E-state index contributed by atoms with van der Waals surface area (Å²) in [5, 5.41) is 3.43. The average Bonchev–Trinajstić information content (AvgIpc) is 2.97. The number of furan rings is 1. The van der Waals surface area contributed by atoms with Gasteiger partial charge in [-0.05, 0) is 55.0 Å². The lowest BCUT2D eigenvalue weighted by Gasteiger charge is -2.06. The summed E-state index contributed by atoms with van der Waals surface area (Å²) in [7, 11) is 0. The molecule has 0 atom stereocenters. The minimum absolute atomic E-state index is 0. The molecule has 0 radical (unpaired) electrons. The highest BCUT2D eigenvalue weighted by molar-refractivity contribution is 5.85. The fourth-order valence-electron chi connectivity index (χ4n) is 2.65. The van der Waals surface area contributed by atoms with Crippen LogP contribution >= 0.6 is 12.4 Å². The van der Waals surface area contributed by atoms with Crippen LogP contribution in [-0.4, -0.2) is 0 Å². The molecule has 0 spiro atoms. The van der Waals surface area contributed by atoms with E-state index in [0.29, 0.717) is 0 Å². The Hall–Kier alpha value is -1.25. The Morgan fingerprint density at radius 3 is 2.68 bits per heavy atom. The second-order valence-corrected chi connectivity index (χ2v) is 5.07. The summed E-state index contributed by atoms with van der Waals surface area (Å²) >= 11 is 0. The van der Waals surface area contributed by atoms with E-state index in [4.69, 9.17) is 4.42 Å². The van der Waals surface area contributed by atoms with Gasteiger partial charge in [-0.1, -0.05) is 18.2 Å². The summed E-state index contributed by atoms with van der Waals surface area (Å²) < 4.78 is 5.53. The van der Waals surface area contributed by atoms with Crippen molar-refractivity contribution in [3.8, 4) is 0 Å². The van der Waals surface area contributed by atoms with Crippen LogP contribution in [0, 0.1) is 6.92 Å². The first kappa shape index (κ1) is 14.2. The zero-order chi connectivity index (χ0) is 12.4. The summed E-state index contributed by atoms with van der Waals surface area (Å²) in [5.74, 6) is 1.98. The topological polar surface area (TPSA) is 25.2 Å². The van der Waals surface area contributed by atoms with E-state index < -0.39 is 0 Å². The molecule has 0 bridgehead atoms. The van der Waals surface area contributed by atoms with Gasteiger partial charge in [0, 0.05) is 6.54 Å². The summed E-state index contributed by atoms with van der Waals surface area (Å²) in [6.07, 6.45) is 3.83. The number of benzene rings is 1. The lowest BCUT2D eigenvalue weighted by atomic mass is 10.1. The number of hydrogen-bond donors (Lipinski definition) is 1. The third-order valence-electron chi connectivity index (χ3n) is 3.59. The summed E-state index contributed by atoms with van der Waals surface area (Å²) in [6.45, 7) is 3.68. The minimum Gasteiger partial charge on any atom is -0.465 e. The van der Waals surface area contributed by atoms with Crippen molar-refractivity contribution in [1.82, 2.24) is 5.32 Å². The highest BCUT2D eigenvalue weighted by Gasteiger charge is 2.10. The van der Waals surface area contributed by atoms with E-state index in [1.807, 2.05) is 19.1 Å². The molecule has 0 saturated heterocycles. The van der Waals surface area contributed by atoms with Gasteiger partial charge >= 0.3 is 0 Å². The molecule has 1 aromatic heterocycles. The van der Waals surface area contributed by atoms with Crippen LogP contribution in [0.15, 0.2) is 34.7 Å². The molecule has 2 aromatic rings. The summed E-state index contributed by atoms with van der Waals surface area (Å²) in [6, 6.07) is 10.9. The van der Waals surface area contributed by atoms with Crippen molar-refractivity contribution in [2.24, 2.45) is 0 Å². The van der Waals surface area contributed by atoms with E-state index >= 15 is 0 Å². The highest BCUT2D eigenvalue weighted by Crippen LogP contribution is 2.22. The van der Waals surface area contributed by atoms with Gasteiger partial charge in [-0.25, -0.2) is 0 Å². The van der Waals surface area contributed by atoms with Gasteiger partial charge in [-0.2, -0.15) is 0 Å². The molecule has 3 heteroatoms. The summed E-state index contributed by atoms with van der Waals surface area (Å²) in [5.41, 5.74) is 4.46. The van der Waals surface area contributed by atoms with Crippen molar-refractivity contribution >= 4 is 12.4 Å². The van der Waals surface area contributed by atoms with E-state index in [2.05, 4.69) is 23.5 Å². The minimum atomic E-state index is 0. The average molecular weight is 278 g/mol. The van der Waals surface area contributed by atoms with Crippen LogP contribution < -0.4 is 5.32 Å². The molecule has 0 aliphatic heterocycles. The number of rotatable bonds is 4. The molecule has 0 unspecified atom stereocenters. The standard InChI is InChI=1S/C16H19NO.ClH/c1-12-5-8-16(18-12)11-17-10-13-6-7-14-3-2-4-15(14)9-13;/h5-9,17H,2-4,10-11H2,1H3;1H. The Morgan fingerprint density at radius 2 is 1.89 bits per heavy atom. The maximum Gasteiger partial charge on any atom is 0.117 e. The fraction of sp³-hybridized carbons (Fsp3) is 0.375. The third kappa shape index (κ3) is 3.40. The van der Waals surface area contributed by atoms with Gasteiger partial charge in [0.15, 0.2) is 0 Å². The number of fused-ring (bicyclic) bond motifs is 1. The highest BCUT2D eigenvalue weighted by atomic mass is 35.5. The lowest BCUT2D eigenvalue weighted by molar-refractivity contribution is 0.461. The molecule has 1 heterocycles. The number of hydrogen-bond acceptors (Lipinski definition) is 2. The Labute approximate surface area is 120 Å². The van der Waals surface area contributed by atoms with Crippen LogP contribution in [0.3, 0.4) is 0 Å². The zero-order valence-electron chi connectivity index (χ0n) is 11.2. The van der Waals surface area contributed by atoms with Gasteiger partial charge in [-0.15, -0.1) is 12.4 Å². The van der Waals surface area contributed by atoms with Gasteiger partial charge in [-0.3, -0.25) is 0 Å². The van der Waals surface area contributed by atoms with E-state index in [1.165, 1.54) is 24.8 Å². The molecule has 102 valence electrons. The second kappa shape index (κ2) is 6.27. The van der Waals surface area contributed by atoms with Crippen molar-refractivity contribution in [1.29, 1.82) is 0 Å². The lowest BCUT2D eigenvalue weighted by Crippen LogP contribution is -2.12. The Kier molecular flexibility index (Phi) is 4.67. The molecule has 1 aliphatic carbocycles. The molecular weight excluding hydrogens is 258 g/mol. The van der Waals surface area contributed by atoms with Crippen molar-refractivity contribution in [2.45, 2.75) is 39.3 Å². The third-order valence-corrected chi connectivity index (χ3v) is 3.59. The normalized spacial score (nSPS) is 13.1. The van der Waals surface area contributed by atoms with Gasteiger partial charge < -0.3 is 9.73 Å². The van der Waals surface area contributed by atoms with Gasteiger partial charge in [0.2, 0.25) is 0 Å². The maximum absolute atomic E-state index is 5.53. The first-order valence-corrected chi connectivity index (χ1v) is 6.68. The monoisotopic (exact) mass is 277 g/mol. The molecule has 0 amide bonds. The van der Waals surface area contributed by atoms with Crippen molar-refractivity contribution in [3.05, 3.63) is 58.5 Å². The van der Waals surface area contributed by atoms with Crippen LogP contribution in [-0.2, 0) is 25.9 Å². The van der Waals surface area contributed by atoms with Crippen molar-refractivity contribution in [3.63, 3.8) is 0 Å². The van der Waals surface area contributed by atoms with Gasteiger partial charge in [0.05, 0.1) is 6.54 Å². The summed E-state index contributed by atoms with van der Waals surface area (Å²) in [4.78, 5) is 0. The number of aryl methyl sites for hydroxylation is 3. The smallest absolute Gasteiger partial charge is 0.117 e. The molecule has 19 heavy (non-hydrogen) atoms. The zero-order valence-corrected chi connectivity index (χ0v) is 12.1. The second-order valence-electron chi connectivity index (χ2n) is 5.07. The number of halogens is 1. The van der Waals surface area contributed by atoms with Crippen molar-refractivity contribution in [2.75, 3.05) is 0 Å². The Balaban J connectivity index is 0.00000133. The van der Waals surface area contributed by atoms with Gasteiger partial charge in [0.1, 0.15) is 11.5 Å². The van der Waals surface area contributed by atoms with Crippen LogP contribution in [0.4, 0.5) is 0 Å². The molecule has 3 rings (SSSR count). The quantitative estimate of drug-likeness (QED) is 0.920. The van der Waals surface area contributed by atoms with Crippen LogP contribution in [0.1, 0.15) is 34.6 Å². The first-order valence-electron chi connectivity index (χ1n) is 6.68. The maximum atomic E-state index is 5.53. The molecule has 1 N–H and O–H groups in total. The van der Waals surface area contributed by atoms with Crippen LogP contribution in [0.25, 0.3) is 0 Å². The largest absolute Gasteiger partial charge is 0.465 e. The van der Waals surface area contributed by atoms with E-state index in [0.717, 1.165) is 24.6 Å². The van der Waals surface area contributed by atoms with Crippen LogP contribution in [0.2, 0.25) is 0 Å². The molecule has 1 aliphatic rings. The van der Waals surface area contributed by atoms with E-state index in [9.17, 15) is 0 Å². The van der Waals surface area contributed by atoms with Crippen molar-refractivity contribution < 1.29 is 4.42 Å². The predicted octanol–water partition coefficient (Wildman–Crippen LogP) is 3.79. The molecule has 0 saturated carbocycles. The van der Waals surface area contributed by atoms with E-state index in [1.54, 1.807) is 11.1 Å². The fourth-order valence-corrected chi connectivity index (χ4v) is 2.65. The molecule has 0 fully saturated rings. The van der Waals surface area contributed by atoms with Gasteiger partial charge in [0.25, 0.3) is 0 Å². The Bertz CT molecular complexity index is 547. The van der Waals surface area contributed by atoms with Crippen LogP contribution in [0.5, 0.6) is 0 Å². The predicted molar refractivity (Wildman–Crippen MR) is 79.7 cm³/mol. The van der Waals surface area contributed by atoms with E-state index in [-0.39, 0.29) is 12.4 Å². The molecular formula is C16H20ClNO. The number of nitrogens with one attached hydrogen (secondary N) is 1. The Morgan fingerprint density at radius 1 is 1.05 bits per heavy atom. The molecule has 1 aromatic carbocycles. The first-order chi connectivity index (χ1) is 8.81. The molecule has 2 nitrogen and oxygen atoms in total. The SMILES string of the molecule is Cc1ccc(CNCc2ccc3c(c2)CCC3)o1.Cl.